The number of hydrogen-bond donors (Lipinski definition) is 0. The Morgan fingerprint density at radius 1 is 1.24 bits per heavy atom. The fraction of sp³-hybridized carbons (Fsp3) is 0.600. The van der Waals surface area contributed by atoms with Crippen LogP contribution in [0.1, 0.15) is 44.9 Å². The molecular weight excluding hydrogens is 291 g/mol. The molecule has 0 bridgehead atoms. The lowest BCUT2D eigenvalue weighted by Crippen LogP contribution is -2.43. The molecule has 2 aliphatic rings. The maximum Gasteiger partial charge on any atom is 0.476 e. The Bertz CT molecular complexity index is 580. The van der Waals surface area contributed by atoms with Gasteiger partial charge in [-0.05, 0) is 38.8 Å². The molecule has 4 unspecified atom stereocenters. The monoisotopic (exact) mass is 312 g/mol. The Morgan fingerprint density at radius 3 is 2.67 bits per heavy atom. The topological polar surface area (TPSA) is 54.0 Å². The lowest BCUT2D eigenvalue weighted by atomic mass is 9.94. The average Bonchev–Trinajstić information content (AvgIpc) is 2.35. The minimum absolute atomic E-state index is 0.273. The zero-order valence-electron chi connectivity index (χ0n) is 12.7. The largest absolute Gasteiger partial charge is 0.476 e. The fourth-order valence-corrected chi connectivity index (χ4v) is 4.54. The third-order valence-electron chi connectivity index (χ3n) is 3.48. The van der Waals surface area contributed by atoms with Crippen molar-refractivity contribution in [2.45, 2.75) is 58.2 Å². The second-order valence-corrected chi connectivity index (χ2v) is 7.96. The molecule has 0 amide bonds. The number of benzene rings is 1. The molecule has 1 fully saturated rings. The summed E-state index contributed by atoms with van der Waals surface area (Å²) in [4.78, 5) is 0. The van der Waals surface area contributed by atoms with Crippen molar-refractivity contribution < 1.29 is 22.9 Å². The number of phosphoric ester groups is 1. The van der Waals surface area contributed by atoms with Crippen LogP contribution in [-0.2, 0) is 29.5 Å². The van der Waals surface area contributed by atoms with Crippen molar-refractivity contribution in [1.82, 2.24) is 0 Å². The van der Waals surface area contributed by atoms with Crippen LogP contribution < -0.4 is 0 Å². The van der Waals surface area contributed by atoms with E-state index in [0.717, 1.165) is 11.1 Å². The summed E-state index contributed by atoms with van der Waals surface area (Å²) in [7, 11) is -3.62. The van der Waals surface area contributed by atoms with E-state index in [-0.39, 0.29) is 12.2 Å². The van der Waals surface area contributed by atoms with Gasteiger partial charge in [-0.3, -0.25) is 13.6 Å². The fourth-order valence-electron chi connectivity index (χ4n) is 2.70. The Kier molecular flexibility index (Phi) is 3.75. The van der Waals surface area contributed by atoms with E-state index in [2.05, 4.69) is 0 Å². The highest BCUT2D eigenvalue weighted by atomic mass is 31.2. The highest BCUT2D eigenvalue weighted by molar-refractivity contribution is 7.48. The van der Waals surface area contributed by atoms with Gasteiger partial charge in [0.05, 0.1) is 18.3 Å². The van der Waals surface area contributed by atoms with Gasteiger partial charge in [0.1, 0.15) is 12.2 Å². The van der Waals surface area contributed by atoms with Crippen LogP contribution in [0.4, 0.5) is 0 Å². The molecule has 2 heterocycles. The second-order valence-electron chi connectivity index (χ2n) is 6.46. The van der Waals surface area contributed by atoms with Crippen molar-refractivity contribution >= 4 is 7.82 Å². The molecule has 5 nitrogen and oxygen atoms in total. The predicted octanol–water partition coefficient (Wildman–Crippen LogP) is 3.99. The molecule has 3 rings (SSSR count). The Hall–Kier alpha value is -0.710. The first kappa shape index (κ1) is 15.2. The molecule has 1 aromatic rings. The molecule has 0 radical (unpaired) electrons. The number of fused-ring (bicyclic) bond motifs is 3. The van der Waals surface area contributed by atoms with Crippen LogP contribution in [0.2, 0.25) is 0 Å². The SMILES string of the molecule is CC1OP(=O)(OC(C)(C)C)OC2c3ccccc3COC12. The van der Waals surface area contributed by atoms with E-state index in [1.807, 2.05) is 52.0 Å². The number of rotatable bonds is 1. The number of hydrogen-bond acceptors (Lipinski definition) is 5. The molecular formula is C15H21O5P. The molecule has 2 aliphatic heterocycles. The zero-order chi connectivity index (χ0) is 15.3. The molecule has 0 spiro atoms. The van der Waals surface area contributed by atoms with Crippen LogP contribution in [-0.4, -0.2) is 17.8 Å². The molecule has 116 valence electrons. The van der Waals surface area contributed by atoms with Crippen molar-refractivity contribution in [3.8, 4) is 0 Å². The minimum Gasteiger partial charge on any atom is -0.368 e. The Labute approximate surface area is 125 Å². The van der Waals surface area contributed by atoms with E-state index in [9.17, 15) is 4.57 Å². The van der Waals surface area contributed by atoms with Gasteiger partial charge in [0.2, 0.25) is 0 Å². The van der Waals surface area contributed by atoms with Crippen LogP contribution in [0.3, 0.4) is 0 Å². The van der Waals surface area contributed by atoms with Crippen LogP contribution in [0.25, 0.3) is 0 Å². The van der Waals surface area contributed by atoms with Crippen LogP contribution in [0.15, 0.2) is 24.3 Å². The summed E-state index contributed by atoms with van der Waals surface area (Å²) in [6, 6.07) is 7.87. The predicted molar refractivity (Wildman–Crippen MR) is 77.8 cm³/mol. The first-order valence-electron chi connectivity index (χ1n) is 7.14. The second kappa shape index (κ2) is 5.18. The maximum absolute atomic E-state index is 12.8. The molecule has 0 saturated carbocycles. The first-order chi connectivity index (χ1) is 9.77. The molecule has 1 saturated heterocycles. The highest BCUT2D eigenvalue weighted by Crippen LogP contribution is 2.62. The third-order valence-corrected chi connectivity index (χ3v) is 5.33. The van der Waals surface area contributed by atoms with Crippen molar-refractivity contribution in [2.24, 2.45) is 0 Å². The van der Waals surface area contributed by atoms with Crippen molar-refractivity contribution in [3.05, 3.63) is 35.4 Å². The molecule has 6 heteroatoms. The van der Waals surface area contributed by atoms with Gasteiger partial charge >= 0.3 is 7.82 Å². The van der Waals surface area contributed by atoms with E-state index in [4.69, 9.17) is 18.3 Å². The Morgan fingerprint density at radius 2 is 1.95 bits per heavy atom. The maximum atomic E-state index is 12.8. The number of ether oxygens (including phenoxy) is 1. The van der Waals surface area contributed by atoms with E-state index in [1.165, 1.54) is 0 Å². The van der Waals surface area contributed by atoms with Gasteiger partial charge in [-0.25, -0.2) is 4.57 Å². The summed E-state index contributed by atoms with van der Waals surface area (Å²) in [6.07, 6.45) is -1.05. The van der Waals surface area contributed by atoms with Crippen molar-refractivity contribution in [1.29, 1.82) is 0 Å². The standard InChI is InChI=1S/C15H21O5P/c1-10-13-14(12-8-6-5-7-11(12)9-17-13)19-21(16,18-10)20-15(2,3)4/h5-8,10,13-14H,9H2,1-4H3. The van der Waals surface area contributed by atoms with Gasteiger partial charge in [0, 0.05) is 0 Å². The third kappa shape index (κ3) is 3.08. The summed E-state index contributed by atoms with van der Waals surface area (Å²) >= 11 is 0. The molecule has 1 aromatic carbocycles. The summed E-state index contributed by atoms with van der Waals surface area (Å²) in [5.74, 6) is 0. The van der Waals surface area contributed by atoms with Gasteiger partial charge in [0.15, 0.2) is 0 Å². The van der Waals surface area contributed by atoms with Gasteiger partial charge in [-0.15, -0.1) is 0 Å². The molecule has 0 aromatic heterocycles. The summed E-state index contributed by atoms with van der Waals surface area (Å²) in [5, 5.41) is 0. The van der Waals surface area contributed by atoms with E-state index in [0.29, 0.717) is 6.61 Å². The van der Waals surface area contributed by atoms with Gasteiger partial charge in [0.25, 0.3) is 0 Å². The molecule has 0 N–H and O–H groups in total. The first-order valence-corrected chi connectivity index (χ1v) is 8.60. The molecule has 21 heavy (non-hydrogen) atoms. The zero-order valence-corrected chi connectivity index (χ0v) is 13.6. The molecule has 0 aliphatic carbocycles. The van der Waals surface area contributed by atoms with Crippen LogP contribution in [0, 0.1) is 0 Å². The van der Waals surface area contributed by atoms with Crippen molar-refractivity contribution in [2.75, 3.05) is 0 Å². The lowest BCUT2D eigenvalue weighted by Gasteiger charge is -2.43. The summed E-state index contributed by atoms with van der Waals surface area (Å²) < 4.78 is 35.4. The van der Waals surface area contributed by atoms with Gasteiger partial charge in [-0.2, -0.15) is 0 Å². The molecule has 4 atom stereocenters. The minimum atomic E-state index is -3.62. The average molecular weight is 312 g/mol. The smallest absolute Gasteiger partial charge is 0.368 e. The quantitative estimate of drug-likeness (QED) is 0.734. The number of phosphoric acid groups is 1. The summed E-state index contributed by atoms with van der Waals surface area (Å²) in [6.45, 7) is 7.82. The normalized spacial score (nSPS) is 35.9. The Balaban J connectivity index is 1.93. The van der Waals surface area contributed by atoms with Crippen molar-refractivity contribution in [3.63, 3.8) is 0 Å². The highest BCUT2D eigenvalue weighted by Gasteiger charge is 2.50. The van der Waals surface area contributed by atoms with Crippen LogP contribution >= 0.6 is 7.82 Å². The van der Waals surface area contributed by atoms with Crippen LogP contribution in [0.5, 0.6) is 0 Å². The van der Waals surface area contributed by atoms with E-state index in [1.54, 1.807) is 0 Å². The van der Waals surface area contributed by atoms with Gasteiger partial charge in [-0.1, -0.05) is 24.3 Å². The summed E-state index contributed by atoms with van der Waals surface area (Å²) in [5.41, 5.74) is 1.44. The van der Waals surface area contributed by atoms with E-state index < -0.39 is 19.5 Å². The van der Waals surface area contributed by atoms with Gasteiger partial charge < -0.3 is 4.74 Å². The lowest BCUT2D eigenvalue weighted by molar-refractivity contribution is -0.150. The van der Waals surface area contributed by atoms with E-state index >= 15 is 0 Å².